The minimum atomic E-state index is -1.41. The van der Waals surface area contributed by atoms with E-state index in [2.05, 4.69) is 4.74 Å². The first-order valence-corrected chi connectivity index (χ1v) is 7.22. The van der Waals surface area contributed by atoms with Gasteiger partial charge in [0.2, 0.25) is 17.7 Å². The van der Waals surface area contributed by atoms with Crippen LogP contribution in [0.5, 0.6) is 11.5 Å². The fourth-order valence-corrected chi connectivity index (χ4v) is 2.56. The molecule has 2 aromatic carbocycles. The van der Waals surface area contributed by atoms with Gasteiger partial charge in [-0.2, -0.15) is 0 Å². The summed E-state index contributed by atoms with van der Waals surface area (Å²) in [5.41, 5.74) is 1.24. The minimum Gasteiger partial charge on any atom is -0.497 e. The van der Waals surface area contributed by atoms with Crippen LogP contribution in [0, 0.1) is 0 Å². The molecule has 3 rings (SSSR count). The van der Waals surface area contributed by atoms with Crippen molar-refractivity contribution in [3.63, 3.8) is 0 Å². The van der Waals surface area contributed by atoms with E-state index in [4.69, 9.17) is 9.47 Å². The summed E-state index contributed by atoms with van der Waals surface area (Å²) in [7, 11) is 1.58. The van der Waals surface area contributed by atoms with E-state index < -0.39 is 17.7 Å². The average molecular weight is 326 g/mol. The van der Waals surface area contributed by atoms with Crippen molar-refractivity contribution in [2.24, 2.45) is 0 Å². The lowest BCUT2D eigenvalue weighted by atomic mass is 10.1. The van der Waals surface area contributed by atoms with E-state index in [-0.39, 0.29) is 24.2 Å². The smallest absolute Gasteiger partial charge is 0.294 e. The standard InChI is InChI=1S/C18H14O6/c1-22-12-7-5-11(6-8-12)9-23-14-4-2-3-13-15(14)17(21)18(16(13)20)24-10-19/h2-8,10,18H,9H2,1H3. The number of carbonyl (C=O) groups excluding carboxylic acids is 3. The molecule has 0 saturated carbocycles. The second-order valence-corrected chi connectivity index (χ2v) is 5.16. The maximum Gasteiger partial charge on any atom is 0.294 e. The van der Waals surface area contributed by atoms with E-state index in [1.807, 2.05) is 12.1 Å². The highest BCUT2D eigenvalue weighted by Crippen LogP contribution is 2.32. The first-order valence-electron chi connectivity index (χ1n) is 7.22. The first-order chi connectivity index (χ1) is 11.7. The summed E-state index contributed by atoms with van der Waals surface area (Å²) >= 11 is 0. The second kappa shape index (κ2) is 6.54. The lowest BCUT2D eigenvalue weighted by Gasteiger charge is -2.10. The molecular weight excluding hydrogens is 312 g/mol. The molecule has 2 aromatic rings. The van der Waals surface area contributed by atoms with Crippen LogP contribution in [0.3, 0.4) is 0 Å². The van der Waals surface area contributed by atoms with Gasteiger partial charge in [-0.05, 0) is 23.8 Å². The molecule has 0 aromatic heterocycles. The van der Waals surface area contributed by atoms with Gasteiger partial charge >= 0.3 is 0 Å². The maximum atomic E-state index is 12.3. The summed E-state index contributed by atoms with van der Waals surface area (Å²) in [5.74, 6) is -0.0722. The molecule has 1 aliphatic rings. The molecular formula is C18H14O6. The number of hydrogen-bond acceptors (Lipinski definition) is 6. The number of Topliss-reactive ketones (excluding diaryl/α,β-unsaturated/α-hetero) is 2. The Morgan fingerprint density at radius 1 is 1.04 bits per heavy atom. The van der Waals surface area contributed by atoms with Crippen molar-refractivity contribution in [3.05, 3.63) is 59.2 Å². The molecule has 6 heteroatoms. The summed E-state index contributed by atoms with van der Waals surface area (Å²) in [5, 5.41) is 0. The monoisotopic (exact) mass is 326 g/mol. The van der Waals surface area contributed by atoms with E-state index in [1.165, 1.54) is 6.07 Å². The lowest BCUT2D eigenvalue weighted by molar-refractivity contribution is -0.130. The second-order valence-electron chi connectivity index (χ2n) is 5.16. The molecule has 0 amide bonds. The van der Waals surface area contributed by atoms with Gasteiger partial charge in [0.25, 0.3) is 6.47 Å². The molecule has 0 heterocycles. The number of rotatable bonds is 6. The third-order valence-corrected chi connectivity index (χ3v) is 3.76. The highest BCUT2D eigenvalue weighted by molar-refractivity contribution is 6.30. The van der Waals surface area contributed by atoms with Crippen LogP contribution in [-0.4, -0.2) is 31.3 Å². The van der Waals surface area contributed by atoms with Crippen LogP contribution in [0.25, 0.3) is 0 Å². The van der Waals surface area contributed by atoms with Crippen molar-refractivity contribution in [2.45, 2.75) is 12.7 Å². The first kappa shape index (κ1) is 15.7. The Bertz CT molecular complexity index is 794. The zero-order valence-corrected chi connectivity index (χ0v) is 12.9. The molecule has 0 saturated heterocycles. The molecule has 6 nitrogen and oxygen atoms in total. The van der Waals surface area contributed by atoms with Crippen LogP contribution in [0.2, 0.25) is 0 Å². The van der Waals surface area contributed by atoms with Gasteiger partial charge in [0.1, 0.15) is 18.1 Å². The van der Waals surface area contributed by atoms with Crippen molar-refractivity contribution >= 4 is 18.0 Å². The fourth-order valence-electron chi connectivity index (χ4n) is 2.56. The highest BCUT2D eigenvalue weighted by atomic mass is 16.5. The zero-order chi connectivity index (χ0) is 17.1. The topological polar surface area (TPSA) is 78.9 Å². The molecule has 0 N–H and O–H groups in total. The highest BCUT2D eigenvalue weighted by Gasteiger charge is 2.42. The van der Waals surface area contributed by atoms with E-state index in [1.54, 1.807) is 31.4 Å². The molecule has 0 fully saturated rings. The molecule has 1 atom stereocenters. The summed E-state index contributed by atoms with van der Waals surface area (Å²) < 4.78 is 15.4. The Morgan fingerprint density at radius 2 is 1.79 bits per heavy atom. The summed E-state index contributed by atoms with van der Waals surface area (Å²) in [6, 6.07) is 12.0. The summed E-state index contributed by atoms with van der Waals surface area (Å²) in [6.45, 7) is 0.325. The normalized spacial score (nSPS) is 15.8. The number of ether oxygens (including phenoxy) is 3. The van der Waals surface area contributed by atoms with Gasteiger partial charge in [-0.25, -0.2) is 0 Å². The van der Waals surface area contributed by atoms with Gasteiger partial charge in [0.05, 0.1) is 12.7 Å². The van der Waals surface area contributed by atoms with E-state index >= 15 is 0 Å². The molecule has 1 unspecified atom stereocenters. The molecule has 0 aliphatic heterocycles. The average Bonchev–Trinajstić information content (AvgIpc) is 2.86. The Kier molecular flexibility index (Phi) is 4.29. The predicted molar refractivity (Wildman–Crippen MR) is 83.4 cm³/mol. The molecule has 0 bridgehead atoms. The lowest BCUT2D eigenvalue weighted by Crippen LogP contribution is -2.25. The largest absolute Gasteiger partial charge is 0.497 e. The van der Waals surface area contributed by atoms with Crippen LogP contribution in [0.15, 0.2) is 42.5 Å². The Hall–Kier alpha value is -3.15. The SMILES string of the molecule is COc1ccc(COc2cccc3c2C(=O)C(OC=O)C3=O)cc1. The van der Waals surface area contributed by atoms with Crippen molar-refractivity contribution in [2.75, 3.05) is 7.11 Å². The quantitative estimate of drug-likeness (QED) is 0.598. The Labute approximate surface area is 137 Å². The van der Waals surface area contributed by atoms with E-state index in [0.29, 0.717) is 5.75 Å². The molecule has 0 spiro atoms. The van der Waals surface area contributed by atoms with Crippen LogP contribution >= 0.6 is 0 Å². The number of carbonyl (C=O) groups is 3. The summed E-state index contributed by atoms with van der Waals surface area (Å²) in [4.78, 5) is 34.9. The van der Waals surface area contributed by atoms with E-state index in [0.717, 1.165) is 11.3 Å². The Balaban J connectivity index is 1.82. The summed E-state index contributed by atoms with van der Waals surface area (Å²) in [6.07, 6.45) is -1.41. The molecule has 122 valence electrons. The fraction of sp³-hybridized carbons (Fsp3) is 0.167. The van der Waals surface area contributed by atoms with Crippen molar-refractivity contribution < 1.29 is 28.6 Å². The van der Waals surface area contributed by atoms with Gasteiger partial charge in [0, 0.05) is 5.56 Å². The van der Waals surface area contributed by atoms with Crippen LogP contribution in [-0.2, 0) is 16.1 Å². The third-order valence-electron chi connectivity index (χ3n) is 3.76. The predicted octanol–water partition coefficient (Wildman–Crippen LogP) is 2.19. The van der Waals surface area contributed by atoms with Crippen molar-refractivity contribution in [1.29, 1.82) is 0 Å². The third kappa shape index (κ3) is 2.74. The molecule has 1 aliphatic carbocycles. The molecule has 0 radical (unpaired) electrons. The van der Waals surface area contributed by atoms with Crippen LogP contribution in [0.1, 0.15) is 26.3 Å². The van der Waals surface area contributed by atoms with Crippen molar-refractivity contribution in [1.82, 2.24) is 0 Å². The van der Waals surface area contributed by atoms with Gasteiger partial charge < -0.3 is 14.2 Å². The maximum absolute atomic E-state index is 12.3. The number of benzene rings is 2. The minimum absolute atomic E-state index is 0.101. The van der Waals surface area contributed by atoms with Crippen LogP contribution in [0.4, 0.5) is 0 Å². The Morgan fingerprint density at radius 3 is 2.46 bits per heavy atom. The van der Waals surface area contributed by atoms with Gasteiger partial charge in [-0.15, -0.1) is 0 Å². The van der Waals surface area contributed by atoms with Crippen molar-refractivity contribution in [3.8, 4) is 11.5 Å². The van der Waals surface area contributed by atoms with E-state index in [9.17, 15) is 14.4 Å². The molecule has 24 heavy (non-hydrogen) atoms. The van der Waals surface area contributed by atoms with Gasteiger partial charge in [0.15, 0.2) is 0 Å². The number of ketones is 2. The number of hydrogen-bond donors (Lipinski definition) is 0. The van der Waals surface area contributed by atoms with Gasteiger partial charge in [-0.3, -0.25) is 14.4 Å². The number of methoxy groups -OCH3 is 1. The van der Waals surface area contributed by atoms with Crippen LogP contribution < -0.4 is 9.47 Å². The number of fused-ring (bicyclic) bond motifs is 1. The van der Waals surface area contributed by atoms with Gasteiger partial charge in [-0.1, -0.05) is 24.3 Å². The zero-order valence-electron chi connectivity index (χ0n) is 12.9.